The van der Waals surface area contributed by atoms with Crippen molar-refractivity contribution in [3.05, 3.63) is 33.2 Å². The number of nitrogen functional groups attached to an aromatic ring is 1. The maximum absolute atomic E-state index is 5.36. The lowest BCUT2D eigenvalue weighted by atomic mass is 10.1. The van der Waals surface area contributed by atoms with Crippen LogP contribution < -0.4 is 15.5 Å². The molecule has 3 aromatic heterocycles. The molecule has 1 saturated heterocycles. The van der Waals surface area contributed by atoms with Crippen LogP contribution in [-0.4, -0.2) is 63.5 Å². The highest BCUT2D eigenvalue weighted by Gasteiger charge is 2.14. The van der Waals surface area contributed by atoms with Crippen LogP contribution in [0.5, 0.6) is 0 Å². The first-order valence-corrected chi connectivity index (χ1v) is 13.4. The molecule has 9 nitrogen and oxygen atoms in total. The maximum Gasteiger partial charge on any atom is 0.185 e. The molecule has 0 aromatic carbocycles. The van der Waals surface area contributed by atoms with Crippen molar-refractivity contribution in [3.8, 4) is 0 Å². The smallest absolute Gasteiger partial charge is 0.185 e. The van der Waals surface area contributed by atoms with Crippen molar-refractivity contribution in [2.24, 2.45) is 0 Å². The Morgan fingerprint density at radius 1 is 0.794 bits per heavy atom. The molecule has 0 radical (unpaired) electrons. The zero-order valence-corrected chi connectivity index (χ0v) is 23.1. The summed E-state index contributed by atoms with van der Waals surface area (Å²) in [5.74, 6) is 0. The average Bonchev–Trinajstić information content (AvgIpc) is 3.58. The van der Waals surface area contributed by atoms with Crippen molar-refractivity contribution in [2.75, 3.05) is 64.0 Å². The van der Waals surface area contributed by atoms with Gasteiger partial charge in [0, 0.05) is 67.1 Å². The molecule has 0 atom stereocenters. The van der Waals surface area contributed by atoms with E-state index in [2.05, 4.69) is 19.9 Å². The van der Waals surface area contributed by atoms with Gasteiger partial charge in [-0.1, -0.05) is 34.0 Å². The molecular weight excluding hydrogens is 492 g/mol. The number of rotatable bonds is 8. The fourth-order valence-corrected chi connectivity index (χ4v) is 5.38. The van der Waals surface area contributed by atoms with Crippen LogP contribution in [0.3, 0.4) is 0 Å². The standard InChI is InChI=1S/C10H16N2OS.C7H12N2OS.C5H8N2OS/c1-13-8-9-7-11-10(14-9)12-5-3-2-4-6-12;1-9(2)7-8-4-6(11-7)5-10-3;1-8-3-4-2-7-5(6)9-4/h7H,2-6,8H2,1H3;4H,5H2,1-3H3;2H,3H2,1H3,(H2,6,7). The molecular formula is C22H36N6O3S3. The van der Waals surface area contributed by atoms with Gasteiger partial charge >= 0.3 is 0 Å². The van der Waals surface area contributed by atoms with Crippen LogP contribution >= 0.6 is 34.0 Å². The molecule has 1 aliphatic heterocycles. The average molecular weight is 529 g/mol. The van der Waals surface area contributed by atoms with Gasteiger partial charge in [-0.2, -0.15) is 0 Å². The molecule has 190 valence electrons. The van der Waals surface area contributed by atoms with Crippen LogP contribution in [-0.2, 0) is 34.0 Å². The molecule has 0 unspecified atom stereocenters. The number of hydrogen-bond donors (Lipinski definition) is 1. The molecule has 0 bridgehead atoms. The molecule has 4 rings (SSSR count). The summed E-state index contributed by atoms with van der Waals surface area (Å²) < 4.78 is 14.9. The summed E-state index contributed by atoms with van der Waals surface area (Å²) >= 11 is 4.86. The molecule has 1 fully saturated rings. The van der Waals surface area contributed by atoms with Gasteiger partial charge in [-0.15, -0.1) is 0 Å². The van der Waals surface area contributed by atoms with Gasteiger partial charge in [-0.3, -0.25) is 0 Å². The fraction of sp³-hybridized carbons (Fsp3) is 0.591. The topological polar surface area (TPSA) is 98.9 Å². The number of methoxy groups -OCH3 is 3. The summed E-state index contributed by atoms with van der Waals surface area (Å²) in [6, 6.07) is 0. The van der Waals surface area contributed by atoms with E-state index in [4.69, 9.17) is 19.9 Å². The summed E-state index contributed by atoms with van der Waals surface area (Å²) in [7, 11) is 9.02. The predicted molar refractivity (Wildman–Crippen MR) is 143 cm³/mol. The van der Waals surface area contributed by atoms with Crippen molar-refractivity contribution >= 4 is 49.4 Å². The Morgan fingerprint density at radius 2 is 1.32 bits per heavy atom. The van der Waals surface area contributed by atoms with E-state index in [1.54, 1.807) is 50.2 Å². The summed E-state index contributed by atoms with van der Waals surface area (Å²) in [6.07, 6.45) is 9.48. The highest BCUT2D eigenvalue weighted by Crippen LogP contribution is 2.25. The minimum absolute atomic E-state index is 0.599. The van der Waals surface area contributed by atoms with E-state index < -0.39 is 0 Å². The fourth-order valence-electron chi connectivity index (χ4n) is 2.98. The monoisotopic (exact) mass is 528 g/mol. The molecule has 4 heterocycles. The van der Waals surface area contributed by atoms with Gasteiger partial charge in [-0.25, -0.2) is 15.0 Å². The Labute approximate surface area is 214 Å². The molecule has 1 aliphatic rings. The van der Waals surface area contributed by atoms with E-state index in [0.29, 0.717) is 25.0 Å². The second-order valence-electron chi connectivity index (χ2n) is 7.62. The summed E-state index contributed by atoms with van der Waals surface area (Å²) in [5, 5.41) is 2.79. The Kier molecular flexibility index (Phi) is 13.3. The van der Waals surface area contributed by atoms with E-state index in [1.165, 1.54) is 48.6 Å². The first kappa shape index (κ1) is 28.4. The van der Waals surface area contributed by atoms with Crippen molar-refractivity contribution < 1.29 is 14.2 Å². The van der Waals surface area contributed by atoms with Crippen molar-refractivity contribution in [1.82, 2.24) is 15.0 Å². The molecule has 0 spiro atoms. The van der Waals surface area contributed by atoms with Gasteiger partial charge < -0.3 is 29.7 Å². The van der Waals surface area contributed by atoms with Crippen LogP contribution in [0.25, 0.3) is 0 Å². The quantitative estimate of drug-likeness (QED) is 0.453. The second kappa shape index (κ2) is 16.0. The highest BCUT2D eigenvalue weighted by molar-refractivity contribution is 7.16. The molecule has 0 aliphatic carbocycles. The number of ether oxygens (including phenoxy) is 3. The predicted octanol–water partition coefficient (Wildman–Crippen LogP) is 4.51. The number of piperidine rings is 1. The van der Waals surface area contributed by atoms with Crippen LogP contribution in [0.15, 0.2) is 18.6 Å². The van der Waals surface area contributed by atoms with Gasteiger partial charge in [0.15, 0.2) is 15.4 Å². The Bertz CT molecular complexity index is 925. The molecule has 0 saturated carbocycles. The second-order valence-corrected chi connectivity index (χ2v) is 11.0. The number of nitrogens with zero attached hydrogens (tertiary/aromatic N) is 5. The van der Waals surface area contributed by atoms with Crippen LogP contribution in [0.1, 0.15) is 33.9 Å². The third-order valence-electron chi connectivity index (χ3n) is 4.52. The zero-order chi connectivity index (χ0) is 24.8. The Balaban J connectivity index is 0.000000185. The van der Waals surface area contributed by atoms with Crippen molar-refractivity contribution in [3.63, 3.8) is 0 Å². The lowest BCUT2D eigenvalue weighted by Crippen LogP contribution is -2.29. The number of nitrogens with two attached hydrogens (primary N) is 1. The lowest BCUT2D eigenvalue weighted by Gasteiger charge is -2.25. The molecule has 3 aromatic rings. The van der Waals surface area contributed by atoms with E-state index in [1.807, 2.05) is 31.4 Å². The van der Waals surface area contributed by atoms with Gasteiger partial charge in [0.05, 0.1) is 34.5 Å². The molecule has 2 N–H and O–H groups in total. The normalized spacial score (nSPS) is 13.0. The van der Waals surface area contributed by atoms with Crippen molar-refractivity contribution in [2.45, 2.75) is 39.1 Å². The van der Waals surface area contributed by atoms with Crippen LogP contribution in [0.4, 0.5) is 15.4 Å². The summed E-state index contributed by atoms with van der Waals surface area (Å²) in [6.45, 7) is 4.28. The minimum Gasteiger partial charge on any atom is -0.379 e. The molecule has 0 amide bonds. The SMILES string of the molecule is COCc1cnc(N(C)C)s1.COCc1cnc(N)s1.COCc1cnc(N2CCCCC2)s1. The van der Waals surface area contributed by atoms with Crippen molar-refractivity contribution in [1.29, 1.82) is 0 Å². The maximum atomic E-state index is 5.36. The Hall–Kier alpha value is -1.83. The van der Waals surface area contributed by atoms with Gasteiger partial charge in [0.25, 0.3) is 0 Å². The molecule has 34 heavy (non-hydrogen) atoms. The van der Waals surface area contributed by atoms with E-state index in [9.17, 15) is 0 Å². The van der Waals surface area contributed by atoms with Gasteiger partial charge in [0.1, 0.15) is 0 Å². The number of anilines is 3. The van der Waals surface area contributed by atoms with Gasteiger partial charge in [0.2, 0.25) is 0 Å². The van der Waals surface area contributed by atoms with E-state index in [-0.39, 0.29) is 0 Å². The van der Waals surface area contributed by atoms with E-state index >= 15 is 0 Å². The lowest BCUT2D eigenvalue weighted by molar-refractivity contribution is 0.187. The van der Waals surface area contributed by atoms with Crippen LogP contribution in [0.2, 0.25) is 0 Å². The Morgan fingerprint density at radius 3 is 1.82 bits per heavy atom. The number of aromatic nitrogens is 3. The molecule has 12 heteroatoms. The van der Waals surface area contributed by atoms with Crippen LogP contribution in [0, 0.1) is 0 Å². The first-order valence-electron chi connectivity index (χ1n) is 11.0. The third-order valence-corrected chi connectivity index (χ3v) is 7.49. The first-order chi connectivity index (χ1) is 16.5. The minimum atomic E-state index is 0.599. The third kappa shape index (κ3) is 10.2. The number of thiazole rings is 3. The highest BCUT2D eigenvalue weighted by atomic mass is 32.1. The summed E-state index contributed by atoms with van der Waals surface area (Å²) in [4.78, 5) is 20.3. The zero-order valence-electron chi connectivity index (χ0n) is 20.7. The van der Waals surface area contributed by atoms with E-state index in [0.717, 1.165) is 20.0 Å². The van der Waals surface area contributed by atoms with Gasteiger partial charge in [-0.05, 0) is 19.3 Å². The number of hydrogen-bond acceptors (Lipinski definition) is 12. The largest absolute Gasteiger partial charge is 0.379 e. The summed E-state index contributed by atoms with van der Waals surface area (Å²) in [5.41, 5.74) is 5.36.